The van der Waals surface area contributed by atoms with Crippen molar-refractivity contribution in [1.29, 1.82) is 0 Å². The first-order chi connectivity index (χ1) is 4.84. The van der Waals surface area contributed by atoms with Crippen molar-refractivity contribution in [3.63, 3.8) is 0 Å². The Bertz CT molecular complexity index is 181. The molecule has 0 aromatic heterocycles. The molecular formula is C11H16W. The quantitative estimate of drug-likeness (QED) is 0.728. The maximum absolute atomic E-state index is 3.01. The SMILES string of the molecule is CCC(C)c1cc[c-]cc1.[CH3-].[W+2]. The second kappa shape index (κ2) is 7.55. The Kier molecular flexibility index (Phi) is 9.08. The average Bonchev–Trinajstić information content (AvgIpc) is 2.05. The molecule has 1 aromatic carbocycles. The van der Waals surface area contributed by atoms with E-state index in [1.807, 2.05) is 12.1 Å². The molecule has 0 aliphatic carbocycles. The predicted octanol–water partition coefficient (Wildman–Crippen LogP) is 3.45. The van der Waals surface area contributed by atoms with Crippen LogP contribution in [0.25, 0.3) is 0 Å². The summed E-state index contributed by atoms with van der Waals surface area (Å²) in [6.07, 6.45) is 1.21. The molecule has 0 amide bonds. The zero-order chi connectivity index (χ0) is 7.40. The van der Waals surface area contributed by atoms with E-state index in [1.165, 1.54) is 12.0 Å². The van der Waals surface area contributed by atoms with Crippen LogP contribution in [-0.4, -0.2) is 0 Å². The molecule has 66 valence electrons. The van der Waals surface area contributed by atoms with Gasteiger partial charge in [0.1, 0.15) is 0 Å². The standard InChI is InChI=1S/C10H13.CH3.W/c1-3-9(2)10-7-5-4-6-8-10;;/h5-9H,3H2,1-2H3;1H3;/q2*-1;+2. The molecule has 0 spiro atoms. The Hall–Kier alpha value is -0.0917. The Labute approximate surface area is 90.7 Å². The van der Waals surface area contributed by atoms with Crippen LogP contribution in [0.15, 0.2) is 24.3 Å². The van der Waals surface area contributed by atoms with Gasteiger partial charge in [0, 0.05) is 0 Å². The summed E-state index contributed by atoms with van der Waals surface area (Å²) in [5.74, 6) is 0.689. The van der Waals surface area contributed by atoms with Gasteiger partial charge in [-0.25, -0.2) is 0 Å². The molecule has 0 nitrogen and oxygen atoms in total. The van der Waals surface area contributed by atoms with Gasteiger partial charge in [-0.1, -0.05) is 20.3 Å². The normalized spacial score (nSPS) is 10.8. The maximum Gasteiger partial charge on any atom is 2.00 e. The van der Waals surface area contributed by atoms with Crippen LogP contribution in [0.5, 0.6) is 0 Å². The summed E-state index contributed by atoms with van der Waals surface area (Å²) in [6.45, 7) is 4.46. The van der Waals surface area contributed by atoms with Gasteiger partial charge in [-0.05, 0) is 5.92 Å². The molecule has 0 saturated heterocycles. The summed E-state index contributed by atoms with van der Waals surface area (Å²) in [5, 5.41) is 0. The summed E-state index contributed by atoms with van der Waals surface area (Å²) >= 11 is 0. The van der Waals surface area contributed by atoms with Crippen molar-refractivity contribution in [2.75, 3.05) is 0 Å². The zero-order valence-electron chi connectivity index (χ0n) is 8.00. The summed E-state index contributed by atoms with van der Waals surface area (Å²) < 4.78 is 0. The third-order valence-corrected chi connectivity index (χ3v) is 1.93. The molecule has 0 aliphatic rings. The molecule has 0 aliphatic heterocycles. The molecule has 12 heavy (non-hydrogen) atoms. The molecule has 1 atom stereocenters. The zero-order valence-corrected chi connectivity index (χ0v) is 10.9. The van der Waals surface area contributed by atoms with Crippen LogP contribution in [0, 0.1) is 13.5 Å². The van der Waals surface area contributed by atoms with Crippen molar-refractivity contribution < 1.29 is 21.1 Å². The van der Waals surface area contributed by atoms with Crippen LogP contribution in [0.4, 0.5) is 0 Å². The van der Waals surface area contributed by atoms with Gasteiger partial charge in [-0.3, -0.25) is 0 Å². The van der Waals surface area contributed by atoms with Gasteiger partial charge in [-0.15, -0.1) is 0 Å². The van der Waals surface area contributed by atoms with Gasteiger partial charge in [0.05, 0.1) is 0 Å². The molecule has 1 unspecified atom stereocenters. The van der Waals surface area contributed by atoms with E-state index in [0.29, 0.717) is 5.92 Å². The molecule has 0 radical (unpaired) electrons. The third kappa shape index (κ3) is 4.06. The van der Waals surface area contributed by atoms with Crippen LogP contribution in [0.2, 0.25) is 0 Å². The number of hydrogen-bond acceptors (Lipinski definition) is 0. The van der Waals surface area contributed by atoms with Crippen molar-refractivity contribution in [3.8, 4) is 0 Å². The van der Waals surface area contributed by atoms with Crippen molar-refractivity contribution in [2.45, 2.75) is 26.2 Å². The van der Waals surface area contributed by atoms with Crippen LogP contribution in [0.3, 0.4) is 0 Å². The Morgan fingerprint density at radius 1 is 1.33 bits per heavy atom. The van der Waals surface area contributed by atoms with Gasteiger partial charge in [0.2, 0.25) is 0 Å². The first-order valence-corrected chi connectivity index (χ1v) is 3.80. The van der Waals surface area contributed by atoms with E-state index in [4.69, 9.17) is 0 Å². The number of rotatable bonds is 2. The second-order valence-electron chi connectivity index (χ2n) is 2.64. The van der Waals surface area contributed by atoms with Gasteiger partial charge in [0.15, 0.2) is 0 Å². The van der Waals surface area contributed by atoms with Crippen molar-refractivity contribution in [3.05, 3.63) is 43.3 Å². The van der Waals surface area contributed by atoms with E-state index in [2.05, 4.69) is 32.0 Å². The summed E-state index contributed by atoms with van der Waals surface area (Å²) in [5.41, 5.74) is 1.42. The topological polar surface area (TPSA) is 0 Å². The summed E-state index contributed by atoms with van der Waals surface area (Å²) in [4.78, 5) is 0. The molecule has 0 bridgehead atoms. The van der Waals surface area contributed by atoms with E-state index >= 15 is 0 Å². The first kappa shape index (κ1) is 14.4. The number of benzene rings is 1. The monoisotopic (exact) mass is 332 g/mol. The largest absolute Gasteiger partial charge is 2.00 e. The van der Waals surface area contributed by atoms with E-state index in [1.54, 1.807) is 0 Å². The second-order valence-corrected chi connectivity index (χ2v) is 2.64. The minimum atomic E-state index is 0. The third-order valence-electron chi connectivity index (χ3n) is 1.93. The van der Waals surface area contributed by atoms with Crippen molar-refractivity contribution >= 4 is 0 Å². The van der Waals surface area contributed by atoms with E-state index in [-0.39, 0.29) is 28.5 Å². The fourth-order valence-corrected chi connectivity index (χ4v) is 0.964. The van der Waals surface area contributed by atoms with Crippen LogP contribution < -0.4 is 0 Å². The smallest absolute Gasteiger partial charge is 0.358 e. The fraction of sp³-hybridized carbons (Fsp3) is 0.364. The number of hydrogen-bond donors (Lipinski definition) is 0. The van der Waals surface area contributed by atoms with Crippen LogP contribution in [-0.2, 0) is 21.1 Å². The van der Waals surface area contributed by atoms with Gasteiger partial charge < -0.3 is 7.43 Å². The Balaban J connectivity index is 0. The maximum atomic E-state index is 3.01. The summed E-state index contributed by atoms with van der Waals surface area (Å²) in [7, 11) is 0. The minimum absolute atomic E-state index is 0. The van der Waals surface area contributed by atoms with Gasteiger partial charge in [0.25, 0.3) is 0 Å². The van der Waals surface area contributed by atoms with Gasteiger partial charge >= 0.3 is 21.1 Å². The molecule has 0 fully saturated rings. The predicted molar refractivity (Wildman–Crippen MR) is 50.4 cm³/mol. The Morgan fingerprint density at radius 3 is 2.25 bits per heavy atom. The molecule has 1 heteroatoms. The molecule has 1 rings (SSSR count). The molecule has 0 N–H and O–H groups in total. The van der Waals surface area contributed by atoms with Crippen molar-refractivity contribution in [1.82, 2.24) is 0 Å². The van der Waals surface area contributed by atoms with Crippen LogP contribution >= 0.6 is 0 Å². The Morgan fingerprint density at radius 2 is 1.83 bits per heavy atom. The van der Waals surface area contributed by atoms with E-state index < -0.39 is 0 Å². The average molecular weight is 332 g/mol. The van der Waals surface area contributed by atoms with E-state index in [0.717, 1.165) is 0 Å². The molecular weight excluding hydrogens is 316 g/mol. The van der Waals surface area contributed by atoms with E-state index in [9.17, 15) is 0 Å². The minimum Gasteiger partial charge on any atom is -0.358 e. The summed E-state index contributed by atoms with van der Waals surface area (Å²) in [6, 6.07) is 11.2. The molecule has 1 aromatic rings. The molecule has 0 saturated carbocycles. The molecule has 0 heterocycles. The first-order valence-electron chi connectivity index (χ1n) is 3.80. The fourth-order valence-electron chi connectivity index (χ4n) is 0.964. The van der Waals surface area contributed by atoms with Crippen molar-refractivity contribution in [2.24, 2.45) is 0 Å². The van der Waals surface area contributed by atoms with Gasteiger partial charge in [-0.2, -0.15) is 35.9 Å². The van der Waals surface area contributed by atoms with Crippen LogP contribution in [0.1, 0.15) is 31.7 Å².